The Morgan fingerprint density at radius 3 is 2.67 bits per heavy atom. The van der Waals surface area contributed by atoms with Crippen LogP contribution >= 0.6 is 0 Å². The molecule has 0 aliphatic heterocycles. The fourth-order valence-electron chi connectivity index (χ4n) is 1.99. The van der Waals surface area contributed by atoms with E-state index in [4.69, 9.17) is 0 Å². The highest BCUT2D eigenvalue weighted by molar-refractivity contribution is 6.04. The summed E-state index contributed by atoms with van der Waals surface area (Å²) in [6.07, 6.45) is 2.08. The van der Waals surface area contributed by atoms with Crippen LogP contribution in [-0.4, -0.2) is 30.9 Å². The van der Waals surface area contributed by atoms with Gasteiger partial charge in [0.1, 0.15) is 0 Å². The number of amides is 2. The summed E-state index contributed by atoms with van der Waals surface area (Å²) in [7, 11) is 0. The Kier molecular flexibility index (Phi) is 5.33. The molecular weight excluding hydrogens is 266 g/mol. The number of para-hydroxylation sites is 1. The first-order chi connectivity index (χ1) is 10.1. The monoisotopic (exact) mass is 289 g/mol. The lowest BCUT2D eigenvalue weighted by Gasteiger charge is -2.15. The SMILES string of the molecule is CCNCC(C)C(=O)Nc1ccccc1C(=O)NC1CC1. The van der Waals surface area contributed by atoms with Crippen LogP contribution in [0.3, 0.4) is 0 Å². The van der Waals surface area contributed by atoms with Gasteiger partial charge >= 0.3 is 0 Å². The normalized spacial score (nSPS) is 15.3. The van der Waals surface area contributed by atoms with E-state index in [1.165, 1.54) is 0 Å². The average molecular weight is 289 g/mol. The standard InChI is InChI=1S/C16H23N3O2/c1-3-17-10-11(2)15(20)19-14-7-5-4-6-13(14)16(21)18-12-8-9-12/h4-7,11-12,17H,3,8-10H2,1-2H3,(H,18,21)(H,19,20). The lowest BCUT2D eigenvalue weighted by molar-refractivity contribution is -0.119. The van der Waals surface area contributed by atoms with Crippen molar-refractivity contribution in [1.29, 1.82) is 0 Å². The summed E-state index contributed by atoms with van der Waals surface area (Å²) < 4.78 is 0. The van der Waals surface area contributed by atoms with Crippen LogP contribution in [0.5, 0.6) is 0 Å². The maximum absolute atomic E-state index is 12.2. The largest absolute Gasteiger partial charge is 0.349 e. The van der Waals surface area contributed by atoms with E-state index in [-0.39, 0.29) is 17.7 Å². The first-order valence-electron chi connectivity index (χ1n) is 7.53. The van der Waals surface area contributed by atoms with Gasteiger partial charge in [-0.1, -0.05) is 26.0 Å². The number of carbonyl (C=O) groups is 2. The van der Waals surface area contributed by atoms with Crippen molar-refractivity contribution in [3.05, 3.63) is 29.8 Å². The molecule has 1 aromatic carbocycles. The number of nitrogens with one attached hydrogen (secondary N) is 3. The van der Waals surface area contributed by atoms with Crippen LogP contribution in [0.1, 0.15) is 37.0 Å². The van der Waals surface area contributed by atoms with Crippen molar-refractivity contribution >= 4 is 17.5 Å². The Morgan fingerprint density at radius 1 is 1.29 bits per heavy atom. The summed E-state index contributed by atoms with van der Waals surface area (Å²) >= 11 is 0. The van der Waals surface area contributed by atoms with Gasteiger partial charge in [-0.3, -0.25) is 9.59 Å². The first kappa shape index (κ1) is 15.5. The molecule has 0 heterocycles. The van der Waals surface area contributed by atoms with Gasteiger partial charge in [0.2, 0.25) is 5.91 Å². The maximum atomic E-state index is 12.2. The maximum Gasteiger partial charge on any atom is 0.253 e. The fourth-order valence-corrected chi connectivity index (χ4v) is 1.99. The van der Waals surface area contributed by atoms with Crippen molar-refractivity contribution in [2.75, 3.05) is 18.4 Å². The lowest BCUT2D eigenvalue weighted by Crippen LogP contribution is -2.31. The van der Waals surface area contributed by atoms with E-state index in [1.807, 2.05) is 19.9 Å². The summed E-state index contributed by atoms with van der Waals surface area (Å²) in [5.41, 5.74) is 1.09. The van der Waals surface area contributed by atoms with Crippen molar-refractivity contribution in [1.82, 2.24) is 10.6 Å². The van der Waals surface area contributed by atoms with Crippen molar-refractivity contribution < 1.29 is 9.59 Å². The minimum atomic E-state index is -0.149. The molecule has 0 bridgehead atoms. The number of hydrogen-bond acceptors (Lipinski definition) is 3. The molecule has 1 unspecified atom stereocenters. The molecule has 1 aromatic rings. The predicted octanol–water partition coefficient (Wildman–Crippen LogP) is 1.76. The molecule has 1 atom stereocenters. The fraction of sp³-hybridized carbons (Fsp3) is 0.500. The third-order valence-corrected chi connectivity index (χ3v) is 3.49. The Morgan fingerprint density at radius 2 is 2.00 bits per heavy atom. The van der Waals surface area contributed by atoms with Gasteiger partial charge < -0.3 is 16.0 Å². The summed E-state index contributed by atoms with van der Waals surface area (Å²) in [6, 6.07) is 7.42. The molecule has 5 nitrogen and oxygen atoms in total. The molecule has 1 saturated carbocycles. The highest BCUT2D eigenvalue weighted by atomic mass is 16.2. The van der Waals surface area contributed by atoms with Gasteiger partial charge in [-0.2, -0.15) is 0 Å². The van der Waals surface area contributed by atoms with Gasteiger partial charge in [0, 0.05) is 18.5 Å². The summed E-state index contributed by atoms with van der Waals surface area (Å²) in [6.45, 7) is 5.32. The Hall–Kier alpha value is -1.88. The molecule has 1 fully saturated rings. The summed E-state index contributed by atoms with van der Waals surface area (Å²) in [4.78, 5) is 24.3. The molecule has 1 aliphatic carbocycles. The topological polar surface area (TPSA) is 70.2 Å². The van der Waals surface area contributed by atoms with Crippen molar-refractivity contribution in [3.8, 4) is 0 Å². The highest BCUT2D eigenvalue weighted by Gasteiger charge is 2.25. The van der Waals surface area contributed by atoms with Crippen LogP contribution in [0, 0.1) is 5.92 Å². The number of rotatable bonds is 7. The third-order valence-electron chi connectivity index (χ3n) is 3.49. The quantitative estimate of drug-likeness (QED) is 0.716. The number of carbonyl (C=O) groups excluding carboxylic acids is 2. The molecule has 2 rings (SSSR count). The lowest BCUT2D eigenvalue weighted by atomic mass is 10.1. The molecule has 5 heteroatoms. The molecule has 0 aromatic heterocycles. The van der Waals surface area contributed by atoms with E-state index < -0.39 is 0 Å². The number of benzene rings is 1. The van der Waals surface area contributed by atoms with E-state index in [0.717, 1.165) is 19.4 Å². The van der Waals surface area contributed by atoms with Crippen molar-refractivity contribution in [3.63, 3.8) is 0 Å². The van der Waals surface area contributed by atoms with E-state index in [1.54, 1.807) is 18.2 Å². The zero-order chi connectivity index (χ0) is 15.2. The van der Waals surface area contributed by atoms with Gasteiger partial charge in [-0.15, -0.1) is 0 Å². The van der Waals surface area contributed by atoms with Crippen LogP contribution in [0.25, 0.3) is 0 Å². The molecule has 114 valence electrons. The van der Waals surface area contributed by atoms with Gasteiger partial charge in [0.25, 0.3) is 5.91 Å². The van der Waals surface area contributed by atoms with Crippen LogP contribution in [0.2, 0.25) is 0 Å². The van der Waals surface area contributed by atoms with Crippen molar-refractivity contribution in [2.24, 2.45) is 5.92 Å². The smallest absolute Gasteiger partial charge is 0.253 e. The molecule has 0 saturated heterocycles. The summed E-state index contributed by atoms with van der Waals surface area (Å²) in [5, 5.41) is 8.95. The van der Waals surface area contributed by atoms with Gasteiger partial charge in [-0.25, -0.2) is 0 Å². The zero-order valence-corrected chi connectivity index (χ0v) is 12.6. The minimum absolute atomic E-state index is 0.0809. The second-order valence-electron chi connectivity index (χ2n) is 5.49. The Balaban J connectivity index is 2.01. The first-order valence-corrected chi connectivity index (χ1v) is 7.53. The zero-order valence-electron chi connectivity index (χ0n) is 12.6. The van der Waals surface area contributed by atoms with Crippen LogP contribution in [0.15, 0.2) is 24.3 Å². The van der Waals surface area contributed by atoms with Crippen LogP contribution in [-0.2, 0) is 4.79 Å². The molecule has 3 N–H and O–H groups in total. The summed E-state index contributed by atoms with van der Waals surface area (Å²) in [5.74, 6) is -0.347. The molecular formula is C16H23N3O2. The second kappa shape index (κ2) is 7.22. The van der Waals surface area contributed by atoms with Crippen LogP contribution in [0.4, 0.5) is 5.69 Å². The highest BCUT2D eigenvalue weighted by Crippen LogP contribution is 2.21. The Bertz CT molecular complexity index is 512. The predicted molar refractivity (Wildman–Crippen MR) is 83.3 cm³/mol. The van der Waals surface area contributed by atoms with E-state index in [9.17, 15) is 9.59 Å². The molecule has 1 aliphatic rings. The number of anilines is 1. The Labute approximate surface area is 125 Å². The van der Waals surface area contributed by atoms with Crippen LogP contribution < -0.4 is 16.0 Å². The second-order valence-corrected chi connectivity index (χ2v) is 5.49. The molecule has 21 heavy (non-hydrogen) atoms. The van der Waals surface area contributed by atoms with Gasteiger partial charge in [0.15, 0.2) is 0 Å². The van der Waals surface area contributed by atoms with Gasteiger partial charge in [-0.05, 0) is 31.5 Å². The van der Waals surface area contributed by atoms with E-state index in [2.05, 4.69) is 16.0 Å². The molecule has 0 radical (unpaired) electrons. The van der Waals surface area contributed by atoms with E-state index >= 15 is 0 Å². The third kappa shape index (κ3) is 4.56. The average Bonchev–Trinajstić information content (AvgIpc) is 3.29. The van der Waals surface area contributed by atoms with Crippen molar-refractivity contribution in [2.45, 2.75) is 32.7 Å². The van der Waals surface area contributed by atoms with E-state index in [0.29, 0.717) is 23.8 Å². The number of hydrogen-bond donors (Lipinski definition) is 3. The van der Waals surface area contributed by atoms with Gasteiger partial charge in [0.05, 0.1) is 11.3 Å². The minimum Gasteiger partial charge on any atom is -0.349 e. The molecule has 2 amide bonds. The molecule has 0 spiro atoms.